The second kappa shape index (κ2) is 5.59. The molecule has 0 spiro atoms. The van der Waals surface area contributed by atoms with Crippen molar-refractivity contribution >= 4 is 33.3 Å². The zero-order valence-electron chi connectivity index (χ0n) is 9.16. The van der Waals surface area contributed by atoms with Gasteiger partial charge >= 0.3 is 0 Å². The predicted molar refractivity (Wildman–Crippen MR) is 71.4 cm³/mol. The third kappa shape index (κ3) is 2.94. The first-order valence-corrected chi connectivity index (χ1v) is 6.31. The minimum Gasteiger partial charge on any atom is -0.294 e. The lowest BCUT2D eigenvalue weighted by molar-refractivity contribution is 0.0992. The van der Waals surface area contributed by atoms with Crippen molar-refractivity contribution in [2.45, 2.75) is 6.42 Å². The van der Waals surface area contributed by atoms with E-state index in [1.54, 1.807) is 12.1 Å². The van der Waals surface area contributed by atoms with Crippen molar-refractivity contribution in [2.75, 3.05) is 0 Å². The first-order valence-electron chi connectivity index (χ1n) is 5.14. The smallest absolute Gasteiger partial charge is 0.168 e. The molecule has 2 nitrogen and oxygen atoms in total. The van der Waals surface area contributed by atoms with E-state index in [4.69, 9.17) is 11.6 Å². The lowest BCUT2D eigenvalue weighted by atomic mass is 10.0. The highest BCUT2D eigenvalue weighted by Gasteiger charge is 2.13. The Morgan fingerprint density at radius 2 is 2.17 bits per heavy atom. The van der Waals surface area contributed by atoms with Gasteiger partial charge in [0.1, 0.15) is 5.82 Å². The van der Waals surface area contributed by atoms with Crippen molar-refractivity contribution in [3.8, 4) is 0 Å². The zero-order chi connectivity index (χ0) is 13.1. The molecule has 5 heteroatoms. The summed E-state index contributed by atoms with van der Waals surface area (Å²) in [6, 6.07) is 6.02. The molecule has 92 valence electrons. The van der Waals surface area contributed by atoms with E-state index in [2.05, 4.69) is 20.9 Å². The van der Waals surface area contributed by atoms with Crippen molar-refractivity contribution in [2.24, 2.45) is 0 Å². The van der Waals surface area contributed by atoms with Crippen molar-refractivity contribution in [3.05, 3.63) is 63.1 Å². The number of hydrogen-bond acceptors (Lipinski definition) is 2. The Morgan fingerprint density at radius 3 is 2.89 bits per heavy atom. The quantitative estimate of drug-likeness (QED) is 0.795. The van der Waals surface area contributed by atoms with Crippen LogP contribution in [0, 0.1) is 5.82 Å². The van der Waals surface area contributed by atoms with Crippen LogP contribution in [0.15, 0.2) is 41.1 Å². The number of pyridine rings is 1. The molecular weight excluding hydrogens is 321 g/mol. The van der Waals surface area contributed by atoms with Crippen LogP contribution in [0.3, 0.4) is 0 Å². The molecule has 18 heavy (non-hydrogen) atoms. The number of nitrogens with zero attached hydrogens (tertiary/aromatic N) is 1. The molecule has 0 amide bonds. The molecule has 0 aliphatic rings. The number of carbonyl (C=O) groups excluding carboxylic acids is 1. The van der Waals surface area contributed by atoms with E-state index in [9.17, 15) is 9.18 Å². The molecule has 1 heterocycles. The molecule has 0 bridgehead atoms. The van der Waals surface area contributed by atoms with Crippen LogP contribution in [-0.4, -0.2) is 10.8 Å². The normalized spacial score (nSPS) is 10.4. The summed E-state index contributed by atoms with van der Waals surface area (Å²) < 4.78 is 14.3. The molecule has 0 saturated carbocycles. The van der Waals surface area contributed by atoms with E-state index >= 15 is 0 Å². The Hall–Kier alpha value is -1.26. The molecule has 0 atom stereocenters. The van der Waals surface area contributed by atoms with Crippen LogP contribution in [0.5, 0.6) is 0 Å². The molecular formula is C13H8BrClFNO. The first-order chi connectivity index (χ1) is 8.58. The van der Waals surface area contributed by atoms with E-state index in [0.717, 1.165) is 4.47 Å². The summed E-state index contributed by atoms with van der Waals surface area (Å²) in [5, 5.41) is 0.276. The Balaban J connectivity index is 2.27. The van der Waals surface area contributed by atoms with E-state index < -0.39 is 5.82 Å². The SMILES string of the molecule is O=C(Cc1cc(Br)ccc1F)c1ccncc1Cl. The lowest BCUT2D eigenvalue weighted by Gasteiger charge is -2.05. The van der Waals surface area contributed by atoms with Gasteiger partial charge in [-0.2, -0.15) is 0 Å². The summed E-state index contributed by atoms with van der Waals surface area (Å²) in [5.74, 6) is -0.642. The molecule has 0 fully saturated rings. The first kappa shape index (κ1) is 13.2. The number of ketones is 1. The van der Waals surface area contributed by atoms with Crippen molar-refractivity contribution in [3.63, 3.8) is 0 Å². The summed E-state index contributed by atoms with van der Waals surface area (Å²) in [6.45, 7) is 0. The zero-order valence-corrected chi connectivity index (χ0v) is 11.5. The fourth-order valence-electron chi connectivity index (χ4n) is 1.55. The van der Waals surface area contributed by atoms with Crippen molar-refractivity contribution < 1.29 is 9.18 Å². The highest BCUT2D eigenvalue weighted by Crippen LogP contribution is 2.20. The van der Waals surface area contributed by atoms with Gasteiger partial charge in [0.2, 0.25) is 0 Å². The average Bonchev–Trinajstić information content (AvgIpc) is 2.34. The number of Topliss-reactive ketones (excluding diaryl/α,β-unsaturated/α-hetero) is 1. The van der Waals surface area contributed by atoms with Gasteiger partial charge in [0.15, 0.2) is 5.78 Å². The van der Waals surface area contributed by atoms with Crippen LogP contribution in [0.4, 0.5) is 4.39 Å². The predicted octanol–water partition coefficient (Wildman–Crippen LogP) is 4.06. The largest absolute Gasteiger partial charge is 0.294 e. The fraction of sp³-hybridized carbons (Fsp3) is 0.0769. The monoisotopic (exact) mass is 327 g/mol. The molecule has 0 aliphatic heterocycles. The van der Waals surface area contributed by atoms with Crippen LogP contribution < -0.4 is 0 Å². The molecule has 0 saturated heterocycles. The van der Waals surface area contributed by atoms with Gasteiger partial charge in [-0.05, 0) is 29.8 Å². The van der Waals surface area contributed by atoms with E-state index in [1.807, 2.05) is 0 Å². The number of hydrogen-bond donors (Lipinski definition) is 0. The average molecular weight is 329 g/mol. The molecule has 0 radical (unpaired) electrons. The maximum atomic E-state index is 13.5. The Kier molecular flexibility index (Phi) is 4.09. The maximum Gasteiger partial charge on any atom is 0.168 e. The molecule has 1 aromatic heterocycles. The number of carbonyl (C=O) groups is 1. The number of aromatic nitrogens is 1. The van der Waals surface area contributed by atoms with E-state index in [0.29, 0.717) is 11.1 Å². The van der Waals surface area contributed by atoms with Crippen LogP contribution in [0.1, 0.15) is 15.9 Å². The number of benzene rings is 1. The summed E-state index contributed by atoms with van der Waals surface area (Å²) in [7, 11) is 0. The summed E-state index contributed by atoms with van der Waals surface area (Å²) >= 11 is 9.11. The lowest BCUT2D eigenvalue weighted by Crippen LogP contribution is -2.06. The second-order valence-electron chi connectivity index (χ2n) is 3.69. The van der Waals surface area contributed by atoms with Gasteiger partial charge in [-0.3, -0.25) is 9.78 Å². The summed E-state index contributed by atoms with van der Waals surface area (Å²) in [5.41, 5.74) is 0.688. The van der Waals surface area contributed by atoms with Gasteiger partial charge in [-0.15, -0.1) is 0 Å². The Morgan fingerprint density at radius 1 is 1.39 bits per heavy atom. The van der Waals surface area contributed by atoms with Crippen molar-refractivity contribution in [1.82, 2.24) is 4.98 Å². The van der Waals surface area contributed by atoms with Crippen LogP contribution in [0.25, 0.3) is 0 Å². The standard InChI is InChI=1S/C13H8BrClFNO/c14-9-1-2-12(16)8(5-9)6-13(18)10-3-4-17-7-11(10)15/h1-5,7H,6H2. The van der Waals surface area contributed by atoms with Gasteiger partial charge in [0, 0.05) is 28.9 Å². The Labute approximate surface area is 117 Å². The third-order valence-corrected chi connectivity index (χ3v) is 3.23. The number of halogens is 3. The summed E-state index contributed by atoms with van der Waals surface area (Å²) in [6.07, 6.45) is 2.84. The summed E-state index contributed by atoms with van der Waals surface area (Å²) in [4.78, 5) is 15.8. The minimum absolute atomic E-state index is 0.0327. The molecule has 2 aromatic rings. The Bertz CT molecular complexity index is 603. The van der Waals surface area contributed by atoms with Gasteiger partial charge in [-0.25, -0.2) is 4.39 Å². The van der Waals surface area contributed by atoms with Gasteiger partial charge in [0.25, 0.3) is 0 Å². The third-order valence-electron chi connectivity index (χ3n) is 2.43. The highest BCUT2D eigenvalue weighted by atomic mass is 79.9. The van der Waals surface area contributed by atoms with Crippen LogP contribution >= 0.6 is 27.5 Å². The van der Waals surface area contributed by atoms with Gasteiger partial charge in [-0.1, -0.05) is 27.5 Å². The molecule has 1 aromatic carbocycles. The fourth-order valence-corrected chi connectivity index (χ4v) is 2.18. The minimum atomic E-state index is -0.406. The molecule has 2 rings (SSSR count). The van der Waals surface area contributed by atoms with Crippen LogP contribution in [-0.2, 0) is 6.42 Å². The number of rotatable bonds is 3. The van der Waals surface area contributed by atoms with E-state index in [-0.39, 0.29) is 17.2 Å². The topological polar surface area (TPSA) is 30.0 Å². The molecule has 0 aliphatic carbocycles. The maximum absolute atomic E-state index is 13.5. The molecule has 0 unspecified atom stereocenters. The van der Waals surface area contributed by atoms with Crippen molar-refractivity contribution in [1.29, 1.82) is 0 Å². The van der Waals surface area contributed by atoms with Crippen LogP contribution in [0.2, 0.25) is 5.02 Å². The highest BCUT2D eigenvalue weighted by molar-refractivity contribution is 9.10. The molecule has 0 N–H and O–H groups in total. The second-order valence-corrected chi connectivity index (χ2v) is 5.01. The van der Waals surface area contributed by atoms with Gasteiger partial charge in [0.05, 0.1) is 5.02 Å². The van der Waals surface area contributed by atoms with Gasteiger partial charge < -0.3 is 0 Å². The van der Waals surface area contributed by atoms with E-state index in [1.165, 1.54) is 24.5 Å².